The summed E-state index contributed by atoms with van der Waals surface area (Å²) < 4.78 is 296. The number of hydrogen-bond acceptors (Lipinski definition) is 1. The number of aromatic nitrogens is 1. The number of ketones is 1. The predicted molar refractivity (Wildman–Crippen MR) is 231 cm³/mol. The Hall–Kier alpha value is -8.24. The summed E-state index contributed by atoms with van der Waals surface area (Å²) in [6, 6.07) is 37.1. The molecule has 0 radical (unpaired) electrons. The topological polar surface area (TPSA) is 20.9 Å². The number of hydrogen-bond donors (Lipinski definition) is 0. The van der Waals surface area contributed by atoms with Gasteiger partial charge in [-0.25, -0.2) is 87.8 Å². The molecule has 0 aliphatic rings. The van der Waals surface area contributed by atoms with Gasteiger partial charge in [0.2, 0.25) is 17.8 Å². The second kappa shape index (κ2) is 20.2. The van der Waals surface area contributed by atoms with Gasteiger partial charge >= 0.3 is 0 Å². The maximum absolute atomic E-state index is 15.4. The average molecular weight is 1070 g/mol. The van der Waals surface area contributed by atoms with Crippen LogP contribution < -0.4 is 26.4 Å². The Balaban J connectivity index is 0.000000215. The summed E-state index contributed by atoms with van der Waals surface area (Å²) >= 11 is 0. The van der Waals surface area contributed by atoms with E-state index in [0.717, 1.165) is 28.6 Å². The molecule has 1 aromatic heterocycles. The van der Waals surface area contributed by atoms with Crippen molar-refractivity contribution in [1.29, 1.82) is 0 Å². The molecule has 9 aromatic rings. The number of carbonyl (C=O) groups is 1. The second-order valence-electron chi connectivity index (χ2n) is 16.4. The number of Topliss-reactive ketones (excluding diaryl/α,β-unsaturated/α-hetero) is 1. The normalized spacial score (nSPS) is 11.6. The highest BCUT2D eigenvalue weighted by Crippen LogP contribution is 2.31. The van der Waals surface area contributed by atoms with Crippen LogP contribution in [0.15, 0.2) is 109 Å². The Kier molecular flexibility index (Phi) is 14.3. The zero-order chi connectivity index (χ0) is 54.7. The van der Waals surface area contributed by atoms with Crippen molar-refractivity contribution in [3.05, 3.63) is 242 Å². The predicted octanol–water partition coefficient (Wildman–Crippen LogP) is 11.6. The van der Waals surface area contributed by atoms with Gasteiger partial charge in [0.25, 0.3) is 0 Å². The molecule has 0 atom stereocenters. The average Bonchev–Trinajstić information content (AvgIpc) is 3.42. The van der Waals surface area contributed by atoms with Crippen molar-refractivity contribution in [2.45, 2.75) is 13.0 Å². The number of para-hydroxylation sites is 1. The van der Waals surface area contributed by atoms with Crippen LogP contribution in [0.5, 0.6) is 0 Å². The summed E-state index contributed by atoms with van der Waals surface area (Å²) in [6.07, 6.45) is -6.44. The molecule has 0 saturated heterocycles. The first kappa shape index (κ1) is 53.1. The van der Waals surface area contributed by atoms with E-state index in [9.17, 15) is 57.5 Å². The fourth-order valence-electron chi connectivity index (χ4n) is 8.94. The molecule has 0 amide bonds. The first-order chi connectivity index (χ1) is 35.5. The van der Waals surface area contributed by atoms with Crippen LogP contribution in [-0.4, -0.2) is 11.9 Å². The number of rotatable bonds is 9. The highest BCUT2D eigenvalue weighted by Gasteiger charge is 2.52. The monoisotopic (exact) mass is 1070 g/mol. The smallest absolute Gasteiger partial charge is 0.227 e. The van der Waals surface area contributed by atoms with Gasteiger partial charge in [0, 0.05) is 23.1 Å². The van der Waals surface area contributed by atoms with Crippen molar-refractivity contribution >= 4 is 55.5 Å². The minimum absolute atomic E-state index is 0.122. The van der Waals surface area contributed by atoms with Gasteiger partial charge in [-0.15, -0.1) is 21.9 Å². The zero-order valence-corrected chi connectivity index (χ0v) is 36.8. The fourth-order valence-corrected chi connectivity index (χ4v) is 8.94. The lowest BCUT2D eigenvalue weighted by atomic mass is 9.12. The molecular weight excluding hydrogens is 1050 g/mol. The van der Waals surface area contributed by atoms with Crippen molar-refractivity contribution in [3.8, 4) is 0 Å². The summed E-state index contributed by atoms with van der Waals surface area (Å²) in [6.45, 7) is 0.328. The number of halogens is 20. The number of nitrogens with zero attached hydrogens (tertiary/aromatic N) is 1. The lowest BCUT2D eigenvalue weighted by molar-refractivity contribution is -0.664. The lowest BCUT2D eigenvalue weighted by Crippen LogP contribution is -2.81. The molecule has 0 fully saturated rings. The third-order valence-electron chi connectivity index (χ3n) is 12.3. The largest absolute Gasteiger partial charge is 0.287 e. The molecule has 2 nitrogen and oxygen atoms in total. The first-order valence-corrected chi connectivity index (χ1v) is 21.2. The van der Waals surface area contributed by atoms with E-state index in [0.29, 0.717) is 6.54 Å². The van der Waals surface area contributed by atoms with E-state index in [1.807, 2.05) is 42.5 Å². The van der Waals surface area contributed by atoms with Crippen LogP contribution in [0.4, 0.5) is 87.8 Å². The van der Waals surface area contributed by atoms with Crippen molar-refractivity contribution in [2.24, 2.45) is 0 Å². The van der Waals surface area contributed by atoms with Gasteiger partial charge in [-0.2, -0.15) is 4.57 Å². The van der Waals surface area contributed by atoms with E-state index in [-0.39, 0.29) is 5.78 Å². The zero-order valence-electron chi connectivity index (χ0n) is 36.8. The van der Waals surface area contributed by atoms with E-state index < -0.39 is 144 Å². The van der Waals surface area contributed by atoms with Gasteiger partial charge in [-0.1, -0.05) is 84.9 Å². The van der Waals surface area contributed by atoms with Crippen LogP contribution in [0.1, 0.15) is 21.6 Å². The van der Waals surface area contributed by atoms with Gasteiger partial charge in [-0.05, 0) is 28.5 Å². The van der Waals surface area contributed by atoms with E-state index >= 15 is 35.1 Å². The van der Waals surface area contributed by atoms with Gasteiger partial charge in [0.05, 0.1) is 6.42 Å². The van der Waals surface area contributed by atoms with E-state index in [4.69, 9.17) is 0 Å². The Labute approximate surface area is 407 Å². The Bertz CT molecular complexity index is 3430. The molecule has 0 N–H and O–H groups in total. The molecule has 8 aromatic carbocycles. The van der Waals surface area contributed by atoms with Gasteiger partial charge in [0.15, 0.2) is 75.5 Å². The van der Waals surface area contributed by atoms with Crippen LogP contribution in [-0.2, 0) is 13.0 Å². The Morgan fingerprint density at radius 2 is 0.653 bits per heavy atom. The molecule has 0 bridgehead atoms. The molecule has 0 spiro atoms. The Morgan fingerprint density at radius 1 is 0.333 bits per heavy atom. The van der Waals surface area contributed by atoms with E-state index in [2.05, 4.69) is 71.3 Å². The molecule has 0 unspecified atom stereocenters. The van der Waals surface area contributed by atoms with Crippen molar-refractivity contribution < 1.29 is 97.2 Å². The minimum Gasteiger partial charge on any atom is -0.287 e. The molecule has 75 heavy (non-hydrogen) atoms. The molecule has 384 valence electrons. The molecule has 0 aliphatic carbocycles. The molecule has 1 heterocycles. The van der Waals surface area contributed by atoms with E-state index in [1.165, 1.54) is 16.3 Å². The van der Waals surface area contributed by atoms with Crippen LogP contribution in [0.2, 0.25) is 0 Å². The van der Waals surface area contributed by atoms with Gasteiger partial charge < -0.3 is 0 Å². The number of benzene rings is 8. The summed E-state index contributed by atoms with van der Waals surface area (Å²) in [5.41, 5.74) is -10.1. The van der Waals surface area contributed by atoms with Crippen LogP contribution in [0.25, 0.3) is 21.7 Å². The quantitative estimate of drug-likeness (QED) is 0.0352. The highest BCUT2D eigenvalue weighted by molar-refractivity contribution is 7.20. The van der Waals surface area contributed by atoms with Crippen molar-refractivity contribution in [3.63, 3.8) is 0 Å². The SMILES string of the molecule is Fc1c(F)c(F)c([B-](c2c(F)c(F)c(F)c(F)c2F)(c2c(F)c(F)c(F)c(F)c2F)c2c(F)c(F)c(F)c(F)c2F)c(F)c1F.O=C(C[n+]1c(Cc2ccc3ccccc3c2)ccc2ccccc21)c1ccccc1. The maximum Gasteiger partial charge on any atom is 0.227 e. The molecule has 23 heteroatoms. The van der Waals surface area contributed by atoms with Crippen LogP contribution in [0, 0.1) is 116 Å². The highest BCUT2D eigenvalue weighted by atomic mass is 19.2. The maximum atomic E-state index is 15.4. The molecular formula is C52H22BF20NO. The summed E-state index contributed by atoms with van der Waals surface area (Å²) in [7, 11) is 0. The van der Waals surface area contributed by atoms with Crippen LogP contribution >= 0.6 is 0 Å². The summed E-state index contributed by atoms with van der Waals surface area (Å²) in [4.78, 5) is 13.0. The number of pyridine rings is 1. The lowest BCUT2D eigenvalue weighted by Gasteiger charge is -2.44. The summed E-state index contributed by atoms with van der Waals surface area (Å²) in [5, 5.41) is 3.62. The number of fused-ring (bicyclic) bond motifs is 2. The standard InChI is InChI=1S/C28H22NO.C24BF20/c30-28(24-10-2-1-3-11-24)20-29-26(17-16-23-9-6-7-13-27(23)29)19-21-14-15-22-8-4-5-12-25(22)18-21;26-5-1(6(27)14(35)21(42)13(5)34)25(2-7(28)15(36)22(43)16(37)8(2)29,3-9(30)17(38)23(44)18(39)10(3)31)4-11(32)19(40)24(45)20(41)12(4)33/h1-18H,19-20H2;/q+1;-1. The third-order valence-corrected chi connectivity index (χ3v) is 12.3. The van der Waals surface area contributed by atoms with Crippen LogP contribution in [0.3, 0.4) is 0 Å². The van der Waals surface area contributed by atoms with E-state index in [1.54, 1.807) is 0 Å². The van der Waals surface area contributed by atoms with Crippen molar-refractivity contribution in [1.82, 2.24) is 0 Å². The third kappa shape index (κ3) is 8.66. The van der Waals surface area contributed by atoms with Gasteiger partial charge in [-0.3, -0.25) is 4.79 Å². The number of carbonyl (C=O) groups excluding carboxylic acids is 1. The fraction of sp³-hybridized carbons (Fsp3) is 0.0385. The summed E-state index contributed by atoms with van der Waals surface area (Å²) in [5.74, 6) is -71.3. The molecule has 0 aliphatic heterocycles. The minimum atomic E-state index is -7.22. The Morgan fingerprint density at radius 3 is 1.05 bits per heavy atom. The van der Waals surface area contributed by atoms with Crippen molar-refractivity contribution in [2.75, 3.05) is 0 Å². The van der Waals surface area contributed by atoms with Gasteiger partial charge in [0.1, 0.15) is 52.7 Å². The molecule has 9 rings (SSSR count). The second-order valence-corrected chi connectivity index (χ2v) is 16.4. The first-order valence-electron chi connectivity index (χ1n) is 21.2. The molecule has 0 saturated carbocycles.